The summed E-state index contributed by atoms with van der Waals surface area (Å²) in [4.78, 5) is 2.59. The molecule has 0 aliphatic carbocycles. The van der Waals surface area contributed by atoms with Crippen LogP contribution in [-0.4, -0.2) is 12.9 Å². The Bertz CT molecular complexity index is 888. The second-order valence-electron chi connectivity index (χ2n) is 8.44. The van der Waals surface area contributed by atoms with Gasteiger partial charge in [0.25, 0.3) is 0 Å². The lowest BCUT2D eigenvalue weighted by Crippen LogP contribution is -2.33. The molecule has 3 aromatic carbocycles. The highest BCUT2D eigenvalue weighted by Gasteiger charge is 2.30. The first kappa shape index (κ1) is 23.9. The van der Waals surface area contributed by atoms with Crippen LogP contribution in [0.2, 0.25) is 19.1 Å². The molecule has 3 aromatic rings. The van der Waals surface area contributed by atoms with Gasteiger partial charge in [0, 0.05) is 9.79 Å². The van der Waals surface area contributed by atoms with E-state index in [1.165, 1.54) is 20.9 Å². The smallest absolute Gasteiger partial charge is 0.191 e. The maximum Gasteiger partial charge on any atom is 0.191 e. The highest BCUT2D eigenvalue weighted by atomic mass is 32.2. The second-order valence-corrected chi connectivity index (χ2v) is 15.4. The van der Waals surface area contributed by atoms with Crippen LogP contribution >= 0.6 is 23.5 Å². The van der Waals surface area contributed by atoms with Gasteiger partial charge in [-0.05, 0) is 62.3 Å². The standard InChI is InChI=1S/C27H32OS2Si/c1-22(2)21-31(3,4)28-26(23-14-8-5-9-15-23)20-27(29-24-16-10-6-11-17-24)30-25-18-12-7-13-19-25/h5-19,26-27H,1,20-21H2,2-4H3. The van der Waals surface area contributed by atoms with Gasteiger partial charge < -0.3 is 4.43 Å². The van der Waals surface area contributed by atoms with Gasteiger partial charge in [0.15, 0.2) is 8.32 Å². The third-order valence-corrected chi connectivity index (χ3v) is 9.74. The minimum absolute atomic E-state index is 0.0691. The molecule has 0 bridgehead atoms. The Balaban J connectivity index is 1.85. The van der Waals surface area contributed by atoms with Crippen LogP contribution in [0.3, 0.4) is 0 Å². The van der Waals surface area contributed by atoms with Gasteiger partial charge in [0.05, 0.1) is 10.7 Å². The van der Waals surface area contributed by atoms with Crippen molar-refractivity contribution >= 4 is 31.8 Å². The fourth-order valence-electron chi connectivity index (χ4n) is 3.67. The highest BCUT2D eigenvalue weighted by Crippen LogP contribution is 2.42. The molecule has 31 heavy (non-hydrogen) atoms. The van der Waals surface area contributed by atoms with Gasteiger partial charge in [-0.15, -0.1) is 30.1 Å². The molecule has 4 heteroatoms. The third kappa shape index (κ3) is 8.38. The van der Waals surface area contributed by atoms with Gasteiger partial charge in [0.1, 0.15) is 0 Å². The number of thioether (sulfide) groups is 2. The SMILES string of the molecule is C=C(C)C[Si](C)(C)OC(CC(Sc1ccccc1)Sc1ccccc1)c1ccccc1. The van der Waals surface area contributed by atoms with E-state index < -0.39 is 8.32 Å². The third-order valence-electron chi connectivity index (χ3n) is 4.79. The molecule has 1 atom stereocenters. The fraction of sp³-hybridized carbons (Fsp3) is 0.259. The molecule has 162 valence electrons. The molecule has 0 aliphatic heterocycles. The molecular weight excluding hydrogens is 433 g/mol. The van der Waals surface area contributed by atoms with Gasteiger partial charge in [-0.2, -0.15) is 0 Å². The van der Waals surface area contributed by atoms with Crippen molar-refractivity contribution in [2.24, 2.45) is 0 Å². The van der Waals surface area contributed by atoms with Crippen LogP contribution in [0.15, 0.2) is 113 Å². The number of benzene rings is 3. The zero-order valence-electron chi connectivity index (χ0n) is 18.7. The minimum Gasteiger partial charge on any atom is -0.410 e. The van der Waals surface area contributed by atoms with E-state index in [1.54, 1.807) is 0 Å². The fourth-order valence-corrected chi connectivity index (χ4v) is 8.85. The molecule has 0 saturated heterocycles. The first-order chi connectivity index (χ1) is 14.9. The lowest BCUT2D eigenvalue weighted by atomic mass is 10.1. The molecule has 0 saturated carbocycles. The van der Waals surface area contributed by atoms with Gasteiger partial charge >= 0.3 is 0 Å². The van der Waals surface area contributed by atoms with Crippen LogP contribution in [0.4, 0.5) is 0 Å². The average molecular weight is 465 g/mol. The molecule has 0 heterocycles. The first-order valence-electron chi connectivity index (χ1n) is 10.7. The summed E-state index contributed by atoms with van der Waals surface area (Å²) < 4.78 is 7.23. The summed E-state index contributed by atoms with van der Waals surface area (Å²) in [5.41, 5.74) is 2.47. The van der Waals surface area contributed by atoms with Crippen LogP contribution in [0.5, 0.6) is 0 Å². The predicted octanol–water partition coefficient (Wildman–Crippen LogP) is 8.83. The average Bonchev–Trinajstić information content (AvgIpc) is 2.74. The quantitative estimate of drug-likeness (QED) is 0.121. The van der Waals surface area contributed by atoms with E-state index in [4.69, 9.17) is 4.43 Å². The number of rotatable bonds is 11. The van der Waals surface area contributed by atoms with Crippen molar-refractivity contribution in [3.63, 3.8) is 0 Å². The Kier molecular flexibility index (Phi) is 9.09. The molecule has 0 spiro atoms. The van der Waals surface area contributed by atoms with Crippen LogP contribution in [0, 0.1) is 0 Å². The number of hydrogen-bond acceptors (Lipinski definition) is 3. The van der Waals surface area contributed by atoms with Crippen molar-refractivity contribution in [2.75, 3.05) is 0 Å². The summed E-state index contributed by atoms with van der Waals surface area (Å²) in [6.07, 6.45) is 1.01. The van der Waals surface area contributed by atoms with Gasteiger partial charge in [0.2, 0.25) is 0 Å². The van der Waals surface area contributed by atoms with E-state index >= 15 is 0 Å². The van der Waals surface area contributed by atoms with Crippen molar-refractivity contribution in [1.29, 1.82) is 0 Å². The lowest BCUT2D eigenvalue weighted by Gasteiger charge is -2.32. The molecule has 0 aliphatic rings. The Morgan fingerprint density at radius 3 is 1.71 bits per heavy atom. The largest absolute Gasteiger partial charge is 0.410 e. The van der Waals surface area contributed by atoms with Crippen LogP contribution in [-0.2, 0) is 4.43 Å². The van der Waals surface area contributed by atoms with E-state index in [-0.39, 0.29) is 6.10 Å². The maximum atomic E-state index is 6.89. The number of allylic oxidation sites excluding steroid dienone is 1. The Labute approximate surface area is 197 Å². The van der Waals surface area contributed by atoms with Crippen molar-refractivity contribution in [3.05, 3.63) is 109 Å². The summed E-state index contributed by atoms with van der Waals surface area (Å²) in [6, 6.07) is 33.1. The molecule has 0 N–H and O–H groups in total. The monoisotopic (exact) mass is 464 g/mol. The van der Waals surface area contributed by atoms with E-state index in [1.807, 2.05) is 23.5 Å². The van der Waals surface area contributed by atoms with E-state index in [0.717, 1.165) is 12.5 Å². The van der Waals surface area contributed by atoms with E-state index in [0.29, 0.717) is 4.58 Å². The Hall–Kier alpha value is -1.72. The minimum atomic E-state index is -1.88. The van der Waals surface area contributed by atoms with Crippen molar-refractivity contribution in [3.8, 4) is 0 Å². The van der Waals surface area contributed by atoms with Crippen LogP contribution < -0.4 is 0 Å². The van der Waals surface area contributed by atoms with E-state index in [9.17, 15) is 0 Å². The van der Waals surface area contributed by atoms with Crippen molar-refractivity contribution in [1.82, 2.24) is 0 Å². The summed E-state index contributed by atoms with van der Waals surface area (Å²) >= 11 is 3.85. The molecule has 1 nitrogen and oxygen atoms in total. The molecule has 1 unspecified atom stereocenters. The van der Waals surface area contributed by atoms with Gasteiger partial charge in [-0.25, -0.2) is 0 Å². The van der Waals surface area contributed by atoms with Crippen molar-refractivity contribution in [2.45, 2.75) is 53.0 Å². The first-order valence-corrected chi connectivity index (χ1v) is 15.6. The van der Waals surface area contributed by atoms with Crippen LogP contribution in [0.25, 0.3) is 0 Å². The molecule has 0 aromatic heterocycles. The number of hydrogen-bond donors (Lipinski definition) is 0. The lowest BCUT2D eigenvalue weighted by molar-refractivity contribution is 0.190. The van der Waals surface area contributed by atoms with Gasteiger partial charge in [-0.1, -0.05) is 72.3 Å². The molecule has 3 rings (SSSR count). The predicted molar refractivity (Wildman–Crippen MR) is 140 cm³/mol. The van der Waals surface area contributed by atoms with Crippen molar-refractivity contribution < 1.29 is 4.43 Å². The molecule has 0 fully saturated rings. The van der Waals surface area contributed by atoms with Crippen LogP contribution in [0.1, 0.15) is 25.0 Å². The Morgan fingerprint density at radius 2 is 1.26 bits per heavy atom. The summed E-state index contributed by atoms with van der Waals surface area (Å²) in [7, 11) is -1.88. The Morgan fingerprint density at radius 1 is 0.806 bits per heavy atom. The summed E-state index contributed by atoms with van der Waals surface area (Å²) in [5.74, 6) is 0. The van der Waals surface area contributed by atoms with Gasteiger partial charge in [-0.3, -0.25) is 0 Å². The highest BCUT2D eigenvalue weighted by molar-refractivity contribution is 8.17. The molecule has 0 amide bonds. The maximum absolute atomic E-state index is 6.89. The molecular formula is C27H32OS2Si. The zero-order valence-corrected chi connectivity index (χ0v) is 21.3. The summed E-state index contributed by atoms with van der Waals surface area (Å²) in [5, 5.41) is 0. The normalized spacial score (nSPS) is 12.6. The summed E-state index contributed by atoms with van der Waals surface area (Å²) in [6.45, 7) is 10.9. The topological polar surface area (TPSA) is 9.23 Å². The van der Waals surface area contributed by atoms with E-state index in [2.05, 4.69) is 118 Å². The second kappa shape index (κ2) is 11.8. The zero-order chi connectivity index (χ0) is 22.1. The molecule has 0 radical (unpaired) electrons.